The molecule has 0 saturated heterocycles. The number of hydrogen-bond acceptors (Lipinski definition) is 2. The lowest BCUT2D eigenvalue weighted by Crippen LogP contribution is -2.38. The topological polar surface area (TPSA) is 20.3 Å². The number of hydrogen-bond donors (Lipinski definition) is 1. The van der Waals surface area contributed by atoms with Crippen LogP contribution in [-0.2, 0) is 0 Å². The van der Waals surface area contributed by atoms with Gasteiger partial charge in [0.15, 0.2) is 0 Å². The highest BCUT2D eigenvalue weighted by molar-refractivity contribution is 7.80. The largest absolute Gasteiger partial charge is 0.339 e. The third kappa shape index (κ3) is 2.83. The highest BCUT2D eigenvalue weighted by Gasteiger charge is 2.23. The molecule has 0 N–H and O–H groups in total. The van der Waals surface area contributed by atoms with E-state index in [9.17, 15) is 4.79 Å². The molecule has 2 rings (SSSR count). The Bertz CT molecular complexity index is 399. The zero-order chi connectivity index (χ0) is 12.3. The maximum atomic E-state index is 12.3. The SMILES string of the molecule is CN(C(=O)c1ccccc1S)C1CCCCC1. The number of thiol groups is 1. The molecule has 1 saturated carbocycles. The van der Waals surface area contributed by atoms with Crippen molar-refractivity contribution in [3.63, 3.8) is 0 Å². The fourth-order valence-corrected chi connectivity index (χ4v) is 2.73. The summed E-state index contributed by atoms with van der Waals surface area (Å²) in [4.78, 5) is 15.0. The van der Waals surface area contributed by atoms with Crippen LogP contribution < -0.4 is 0 Å². The lowest BCUT2D eigenvalue weighted by atomic mass is 9.94. The minimum atomic E-state index is 0.0995. The van der Waals surface area contributed by atoms with Crippen LogP contribution in [0.25, 0.3) is 0 Å². The van der Waals surface area contributed by atoms with Gasteiger partial charge in [0.2, 0.25) is 0 Å². The first kappa shape index (κ1) is 12.5. The number of benzene rings is 1. The minimum absolute atomic E-state index is 0.0995. The van der Waals surface area contributed by atoms with E-state index >= 15 is 0 Å². The molecule has 1 aromatic rings. The van der Waals surface area contributed by atoms with Gasteiger partial charge in [-0.25, -0.2) is 0 Å². The van der Waals surface area contributed by atoms with Crippen LogP contribution in [0.3, 0.4) is 0 Å². The third-order valence-electron chi connectivity index (χ3n) is 3.58. The van der Waals surface area contributed by atoms with Crippen LogP contribution in [0.4, 0.5) is 0 Å². The summed E-state index contributed by atoms with van der Waals surface area (Å²) < 4.78 is 0. The maximum absolute atomic E-state index is 12.3. The summed E-state index contributed by atoms with van der Waals surface area (Å²) in [5, 5.41) is 0. The average molecular weight is 249 g/mol. The highest BCUT2D eigenvalue weighted by Crippen LogP contribution is 2.24. The molecule has 3 heteroatoms. The van der Waals surface area contributed by atoms with Crippen molar-refractivity contribution in [1.82, 2.24) is 4.90 Å². The Balaban J connectivity index is 2.11. The lowest BCUT2D eigenvalue weighted by Gasteiger charge is -2.31. The first-order chi connectivity index (χ1) is 8.20. The number of rotatable bonds is 2. The second-order valence-corrected chi connectivity index (χ2v) is 5.21. The van der Waals surface area contributed by atoms with Crippen LogP contribution >= 0.6 is 12.6 Å². The van der Waals surface area contributed by atoms with Crippen molar-refractivity contribution in [3.05, 3.63) is 29.8 Å². The molecule has 0 atom stereocenters. The molecular weight excluding hydrogens is 230 g/mol. The predicted octanol–water partition coefficient (Wildman–Crippen LogP) is 3.38. The van der Waals surface area contributed by atoms with E-state index in [0.29, 0.717) is 11.6 Å². The smallest absolute Gasteiger partial charge is 0.254 e. The van der Waals surface area contributed by atoms with Crippen LogP contribution in [0.15, 0.2) is 29.2 Å². The van der Waals surface area contributed by atoms with Gasteiger partial charge in [-0.05, 0) is 25.0 Å². The van der Waals surface area contributed by atoms with Gasteiger partial charge in [-0.1, -0.05) is 31.4 Å². The van der Waals surface area contributed by atoms with Gasteiger partial charge in [0.05, 0.1) is 5.56 Å². The summed E-state index contributed by atoms with van der Waals surface area (Å²) in [7, 11) is 1.92. The summed E-state index contributed by atoms with van der Waals surface area (Å²) in [6, 6.07) is 7.92. The fourth-order valence-electron chi connectivity index (χ4n) is 2.48. The summed E-state index contributed by atoms with van der Waals surface area (Å²) in [5.41, 5.74) is 0.712. The van der Waals surface area contributed by atoms with E-state index in [-0.39, 0.29) is 5.91 Å². The van der Waals surface area contributed by atoms with Gasteiger partial charge < -0.3 is 4.90 Å². The van der Waals surface area contributed by atoms with Crippen LogP contribution in [-0.4, -0.2) is 23.9 Å². The molecule has 0 spiro atoms. The zero-order valence-electron chi connectivity index (χ0n) is 10.2. The molecule has 0 aliphatic heterocycles. The van der Waals surface area contributed by atoms with E-state index in [2.05, 4.69) is 12.6 Å². The van der Waals surface area contributed by atoms with Crippen LogP contribution in [0, 0.1) is 0 Å². The molecule has 0 radical (unpaired) electrons. The van der Waals surface area contributed by atoms with Gasteiger partial charge in [-0.3, -0.25) is 4.79 Å². The van der Waals surface area contributed by atoms with Crippen molar-refractivity contribution >= 4 is 18.5 Å². The molecule has 1 fully saturated rings. The van der Waals surface area contributed by atoms with Crippen LogP contribution in [0.2, 0.25) is 0 Å². The van der Waals surface area contributed by atoms with Crippen molar-refractivity contribution in [2.24, 2.45) is 0 Å². The van der Waals surface area contributed by atoms with E-state index in [4.69, 9.17) is 0 Å². The Morgan fingerprint density at radius 1 is 1.24 bits per heavy atom. The van der Waals surface area contributed by atoms with Crippen molar-refractivity contribution in [3.8, 4) is 0 Å². The second-order valence-electron chi connectivity index (χ2n) is 4.73. The fraction of sp³-hybridized carbons (Fsp3) is 0.500. The molecule has 92 valence electrons. The predicted molar refractivity (Wildman–Crippen MR) is 72.7 cm³/mol. The molecule has 17 heavy (non-hydrogen) atoms. The van der Waals surface area contributed by atoms with Gasteiger partial charge in [-0.2, -0.15) is 0 Å². The van der Waals surface area contributed by atoms with E-state index in [1.807, 2.05) is 36.2 Å². The van der Waals surface area contributed by atoms with Crippen molar-refractivity contribution in [1.29, 1.82) is 0 Å². The summed E-state index contributed by atoms with van der Waals surface area (Å²) in [6.07, 6.45) is 6.06. The van der Waals surface area contributed by atoms with E-state index in [1.165, 1.54) is 19.3 Å². The first-order valence-electron chi connectivity index (χ1n) is 6.25. The molecule has 0 bridgehead atoms. The van der Waals surface area contributed by atoms with Crippen molar-refractivity contribution in [2.45, 2.75) is 43.0 Å². The quantitative estimate of drug-likeness (QED) is 0.797. The summed E-state index contributed by atoms with van der Waals surface area (Å²) >= 11 is 4.35. The molecule has 0 unspecified atom stereocenters. The van der Waals surface area contributed by atoms with Gasteiger partial charge in [0.1, 0.15) is 0 Å². The summed E-state index contributed by atoms with van der Waals surface area (Å²) in [6.45, 7) is 0. The Morgan fingerprint density at radius 2 is 1.88 bits per heavy atom. The third-order valence-corrected chi connectivity index (χ3v) is 3.97. The monoisotopic (exact) mass is 249 g/mol. The van der Waals surface area contributed by atoms with Crippen molar-refractivity contribution < 1.29 is 4.79 Å². The van der Waals surface area contributed by atoms with Gasteiger partial charge >= 0.3 is 0 Å². The number of carbonyl (C=O) groups excluding carboxylic acids is 1. The molecule has 0 heterocycles. The van der Waals surface area contributed by atoms with Gasteiger partial charge in [0.25, 0.3) is 5.91 Å². The molecular formula is C14H19NOS. The van der Waals surface area contributed by atoms with E-state index < -0.39 is 0 Å². The zero-order valence-corrected chi connectivity index (χ0v) is 11.1. The number of amides is 1. The number of carbonyl (C=O) groups is 1. The van der Waals surface area contributed by atoms with Crippen LogP contribution in [0.1, 0.15) is 42.5 Å². The van der Waals surface area contributed by atoms with E-state index in [0.717, 1.165) is 17.7 Å². The average Bonchev–Trinajstić information content (AvgIpc) is 2.39. The number of nitrogens with zero attached hydrogens (tertiary/aromatic N) is 1. The van der Waals surface area contributed by atoms with Gasteiger partial charge in [-0.15, -0.1) is 12.6 Å². The Labute approximate surface area is 108 Å². The summed E-state index contributed by atoms with van der Waals surface area (Å²) in [5.74, 6) is 0.0995. The Morgan fingerprint density at radius 3 is 2.53 bits per heavy atom. The van der Waals surface area contributed by atoms with Crippen LogP contribution in [0.5, 0.6) is 0 Å². The first-order valence-corrected chi connectivity index (χ1v) is 6.70. The lowest BCUT2D eigenvalue weighted by molar-refractivity contribution is 0.0693. The van der Waals surface area contributed by atoms with E-state index in [1.54, 1.807) is 0 Å². The molecule has 1 aliphatic rings. The molecule has 1 aromatic carbocycles. The minimum Gasteiger partial charge on any atom is -0.339 e. The Hall–Kier alpha value is -0.960. The molecule has 1 aliphatic carbocycles. The highest BCUT2D eigenvalue weighted by atomic mass is 32.1. The standard InChI is InChI=1S/C14H19NOS/c1-15(11-7-3-2-4-8-11)14(16)12-9-5-6-10-13(12)17/h5-6,9-11,17H,2-4,7-8H2,1H3. The second kappa shape index (κ2) is 5.58. The normalized spacial score (nSPS) is 16.8. The maximum Gasteiger partial charge on any atom is 0.254 e. The molecule has 1 amide bonds. The van der Waals surface area contributed by atoms with Crippen molar-refractivity contribution in [2.75, 3.05) is 7.05 Å². The molecule has 2 nitrogen and oxygen atoms in total. The van der Waals surface area contributed by atoms with Gasteiger partial charge in [0, 0.05) is 18.0 Å². The molecule has 0 aromatic heterocycles. The Kier molecular flexibility index (Phi) is 4.11.